The molecule has 1 atom stereocenters. The van der Waals surface area contributed by atoms with E-state index in [9.17, 15) is 14.4 Å². The minimum atomic E-state index is -1.07. The SMILES string of the molecule is CC(CON(C)C(=O)OC(C)(C)C)OC(=O)CCC(=O)O. The summed E-state index contributed by atoms with van der Waals surface area (Å²) in [5, 5.41) is 9.35. The molecule has 122 valence electrons. The lowest BCUT2D eigenvalue weighted by Gasteiger charge is -2.24. The smallest absolute Gasteiger partial charge is 0.434 e. The summed E-state index contributed by atoms with van der Waals surface area (Å²) in [5.74, 6) is -1.70. The number of carbonyl (C=O) groups excluding carboxylic acids is 2. The number of hydroxylamine groups is 2. The van der Waals surface area contributed by atoms with E-state index in [1.165, 1.54) is 7.05 Å². The van der Waals surface area contributed by atoms with Gasteiger partial charge in [-0.1, -0.05) is 0 Å². The Labute approximate surface area is 123 Å². The third-order valence-electron chi connectivity index (χ3n) is 2.03. The number of ether oxygens (including phenoxy) is 2. The molecule has 0 spiro atoms. The first kappa shape index (κ1) is 19.2. The first-order valence-electron chi connectivity index (χ1n) is 6.52. The second-order valence-electron chi connectivity index (χ2n) is 5.47. The predicted molar refractivity (Wildman–Crippen MR) is 72.4 cm³/mol. The van der Waals surface area contributed by atoms with Crippen molar-refractivity contribution in [1.82, 2.24) is 5.06 Å². The number of rotatable bonds is 7. The predicted octanol–water partition coefficient (Wildman–Crippen LogP) is 1.58. The Morgan fingerprint density at radius 1 is 1.19 bits per heavy atom. The van der Waals surface area contributed by atoms with Crippen molar-refractivity contribution in [2.24, 2.45) is 0 Å². The summed E-state index contributed by atoms with van der Waals surface area (Å²) in [5.41, 5.74) is -0.635. The Kier molecular flexibility index (Phi) is 7.72. The van der Waals surface area contributed by atoms with Gasteiger partial charge in [-0.05, 0) is 27.7 Å². The average Bonchev–Trinajstić information content (AvgIpc) is 2.31. The summed E-state index contributed by atoms with van der Waals surface area (Å²) in [6, 6.07) is 0. The van der Waals surface area contributed by atoms with Crippen molar-refractivity contribution in [3.05, 3.63) is 0 Å². The van der Waals surface area contributed by atoms with Crippen LogP contribution in [0.5, 0.6) is 0 Å². The number of carboxylic acid groups (broad SMARTS) is 1. The molecular weight excluding hydrogens is 282 g/mol. The molecule has 0 aromatic rings. The van der Waals surface area contributed by atoms with Crippen LogP contribution in [-0.4, -0.2) is 53.6 Å². The van der Waals surface area contributed by atoms with Gasteiger partial charge in [-0.3, -0.25) is 14.4 Å². The highest BCUT2D eigenvalue weighted by molar-refractivity contribution is 5.76. The summed E-state index contributed by atoms with van der Waals surface area (Å²) in [4.78, 5) is 38.3. The normalized spacial score (nSPS) is 12.4. The van der Waals surface area contributed by atoms with Crippen LogP contribution >= 0.6 is 0 Å². The summed E-state index contributed by atoms with van der Waals surface area (Å²) in [6.07, 6.45) is -1.77. The van der Waals surface area contributed by atoms with Gasteiger partial charge in [0.05, 0.1) is 12.8 Å². The first-order valence-corrected chi connectivity index (χ1v) is 6.52. The number of esters is 1. The molecule has 0 saturated carbocycles. The van der Waals surface area contributed by atoms with Crippen molar-refractivity contribution < 1.29 is 33.8 Å². The van der Waals surface area contributed by atoms with Crippen LogP contribution in [-0.2, 0) is 23.9 Å². The second-order valence-corrected chi connectivity index (χ2v) is 5.47. The molecule has 1 N–H and O–H groups in total. The Morgan fingerprint density at radius 2 is 1.76 bits per heavy atom. The van der Waals surface area contributed by atoms with Crippen LogP contribution in [0.15, 0.2) is 0 Å². The number of carboxylic acids is 1. The van der Waals surface area contributed by atoms with E-state index in [1.807, 2.05) is 0 Å². The number of hydrogen-bond acceptors (Lipinski definition) is 6. The van der Waals surface area contributed by atoms with Crippen LogP contribution in [0.1, 0.15) is 40.5 Å². The van der Waals surface area contributed by atoms with Crippen molar-refractivity contribution in [3.63, 3.8) is 0 Å². The maximum atomic E-state index is 11.6. The molecule has 0 saturated heterocycles. The largest absolute Gasteiger partial charge is 0.481 e. The van der Waals surface area contributed by atoms with Crippen molar-refractivity contribution in [1.29, 1.82) is 0 Å². The highest BCUT2D eigenvalue weighted by atomic mass is 16.7. The van der Waals surface area contributed by atoms with E-state index in [-0.39, 0.29) is 19.4 Å². The lowest BCUT2D eigenvalue weighted by molar-refractivity contribution is -0.170. The van der Waals surface area contributed by atoms with Gasteiger partial charge in [0.1, 0.15) is 18.3 Å². The van der Waals surface area contributed by atoms with E-state index in [4.69, 9.17) is 19.4 Å². The molecule has 0 rings (SSSR count). The fourth-order valence-corrected chi connectivity index (χ4v) is 1.12. The van der Waals surface area contributed by atoms with E-state index in [2.05, 4.69) is 0 Å². The highest BCUT2D eigenvalue weighted by Crippen LogP contribution is 2.09. The quantitative estimate of drug-likeness (QED) is 0.562. The first-order chi connectivity index (χ1) is 9.51. The van der Waals surface area contributed by atoms with Gasteiger partial charge in [0, 0.05) is 7.05 Å². The molecule has 0 aliphatic carbocycles. The van der Waals surface area contributed by atoms with E-state index in [1.54, 1.807) is 27.7 Å². The Hall–Kier alpha value is -1.83. The molecule has 0 fully saturated rings. The molecule has 0 aliphatic heterocycles. The zero-order valence-electron chi connectivity index (χ0n) is 13.0. The zero-order valence-corrected chi connectivity index (χ0v) is 13.0. The fraction of sp³-hybridized carbons (Fsp3) is 0.769. The van der Waals surface area contributed by atoms with Gasteiger partial charge in [-0.15, -0.1) is 0 Å². The van der Waals surface area contributed by atoms with Gasteiger partial charge < -0.3 is 14.6 Å². The van der Waals surface area contributed by atoms with E-state index in [0.717, 1.165) is 5.06 Å². The maximum absolute atomic E-state index is 11.6. The van der Waals surface area contributed by atoms with Crippen LogP contribution in [0.3, 0.4) is 0 Å². The lowest BCUT2D eigenvalue weighted by atomic mass is 10.2. The molecule has 8 heteroatoms. The Bertz CT molecular complexity index is 375. The van der Waals surface area contributed by atoms with Crippen LogP contribution < -0.4 is 0 Å². The van der Waals surface area contributed by atoms with Crippen molar-refractivity contribution >= 4 is 18.0 Å². The molecule has 0 aromatic heterocycles. The Morgan fingerprint density at radius 3 is 2.24 bits per heavy atom. The molecule has 8 nitrogen and oxygen atoms in total. The van der Waals surface area contributed by atoms with Gasteiger partial charge in [0.2, 0.25) is 0 Å². The monoisotopic (exact) mass is 305 g/mol. The van der Waals surface area contributed by atoms with Gasteiger partial charge in [0.25, 0.3) is 0 Å². The Balaban J connectivity index is 4.01. The molecule has 0 bridgehead atoms. The van der Waals surface area contributed by atoms with Gasteiger partial charge in [0.15, 0.2) is 0 Å². The zero-order chi connectivity index (χ0) is 16.6. The maximum Gasteiger partial charge on any atom is 0.434 e. The third kappa shape index (κ3) is 10.6. The number of hydrogen-bond donors (Lipinski definition) is 1. The number of nitrogens with zero attached hydrogens (tertiary/aromatic N) is 1. The molecule has 21 heavy (non-hydrogen) atoms. The summed E-state index contributed by atoms with van der Waals surface area (Å²) >= 11 is 0. The topological polar surface area (TPSA) is 102 Å². The summed E-state index contributed by atoms with van der Waals surface area (Å²) in [7, 11) is 1.38. The second kappa shape index (κ2) is 8.46. The summed E-state index contributed by atoms with van der Waals surface area (Å²) in [6.45, 7) is 6.71. The van der Waals surface area contributed by atoms with Gasteiger partial charge >= 0.3 is 18.0 Å². The van der Waals surface area contributed by atoms with Crippen LogP contribution in [0.4, 0.5) is 4.79 Å². The average molecular weight is 305 g/mol. The van der Waals surface area contributed by atoms with Crippen LogP contribution in [0, 0.1) is 0 Å². The van der Waals surface area contributed by atoms with E-state index >= 15 is 0 Å². The van der Waals surface area contributed by atoms with Gasteiger partial charge in [-0.25, -0.2) is 4.79 Å². The van der Waals surface area contributed by atoms with Crippen molar-refractivity contribution in [2.45, 2.75) is 52.2 Å². The molecule has 0 aliphatic rings. The van der Waals surface area contributed by atoms with E-state index < -0.39 is 29.7 Å². The standard InChI is InChI=1S/C13H23NO7/c1-9(20-11(17)7-6-10(15)16)8-19-14(5)12(18)21-13(2,3)4/h9H,6-8H2,1-5H3,(H,15,16). The summed E-state index contributed by atoms with van der Waals surface area (Å²) < 4.78 is 9.99. The number of amides is 1. The molecular formula is C13H23NO7. The minimum absolute atomic E-state index is 0.0471. The van der Waals surface area contributed by atoms with Crippen LogP contribution in [0.2, 0.25) is 0 Å². The van der Waals surface area contributed by atoms with Crippen molar-refractivity contribution in [3.8, 4) is 0 Å². The van der Waals surface area contributed by atoms with Gasteiger partial charge in [-0.2, -0.15) is 5.06 Å². The molecule has 1 amide bonds. The molecule has 1 unspecified atom stereocenters. The molecule has 0 heterocycles. The highest BCUT2D eigenvalue weighted by Gasteiger charge is 2.21. The molecule has 0 radical (unpaired) electrons. The third-order valence-corrected chi connectivity index (χ3v) is 2.03. The number of aliphatic carboxylic acids is 1. The van der Waals surface area contributed by atoms with Crippen molar-refractivity contribution in [2.75, 3.05) is 13.7 Å². The minimum Gasteiger partial charge on any atom is -0.481 e. The fourth-order valence-electron chi connectivity index (χ4n) is 1.12. The lowest BCUT2D eigenvalue weighted by Crippen LogP contribution is -2.36. The number of carbonyl (C=O) groups is 3. The van der Waals surface area contributed by atoms with E-state index in [0.29, 0.717) is 0 Å². The van der Waals surface area contributed by atoms with Crippen LogP contribution in [0.25, 0.3) is 0 Å². The molecule has 0 aromatic carbocycles.